The van der Waals surface area contributed by atoms with Gasteiger partial charge < -0.3 is 5.11 Å². The standard InChI is InChI=1S/C8H9BrINO/c1-5-6(9)2-3-8(10)11-7(5)4-12/h2-3,6-7,12H,1,4H2. The van der Waals surface area contributed by atoms with Crippen LogP contribution < -0.4 is 0 Å². The predicted octanol–water partition coefficient (Wildman–Crippen LogP) is 2.07. The molecular weight excluding hydrogens is 333 g/mol. The Morgan fingerprint density at radius 2 is 2.42 bits per heavy atom. The first-order chi connectivity index (χ1) is 5.65. The Morgan fingerprint density at radius 3 is 3.00 bits per heavy atom. The maximum Gasteiger partial charge on any atom is 0.0963 e. The first-order valence-electron chi connectivity index (χ1n) is 3.50. The van der Waals surface area contributed by atoms with Crippen LogP contribution >= 0.6 is 38.5 Å². The minimum Gasteiger partial charge on any atom is -0.394 e. The van der Waals surface area contributed by atoms with Gasteiger partial charge in [-0.05, 0) is 34.2 Å². The van der Waals surface area contributed by atoms with Crippen molar-refractivity contribution in [2.24, 2.45) is 4.99 Å². The van der Waals surface area contributed by atoms with Gasteiger partial charge in [-0.2, -0.15) is 0 Å². The van der Waals surface area contributed by atoms with E-state index in [1.807, 2.05) is 12.2 Å². The smallest absolute Gasteiger partial charge is 0.0963 e. The summed E-state index contributed by atoms with van der Waals surface area (Å²) in [5, 5.41) is 9.00. The lowest BCUT2D eigenvalue weighted by Gasteiger charge is -2.13. The summed E-state index contributed by atoms with van der Waals surface area (Å²) >= 11 is 5.57. The number of aliphatic hydroxyl groups excluding tert-OH is 1. The number of aliphatic imine (C=N–C) groups is 1. The highest BCUT2D eigenvalue weighted by molar-refractivity contribution is 14.1. The molecule has 0 aliphatic carbocycles. The van der Waals surface area contributed by atoms with Gasteiger partial charge in [0.25, 0.3) is 0 Å². The molecule has 0 aromatic heterocycles. The van der Waals surface area contributed by atoms with Gasteiger partial charge in [-0.15, -0.1) is 0 Å². The minimum absolute atomic E-state index is 0.0229. The van der Waals surface area contributed by atoms with Crippen molar-refractivity contribution in [3.05, 3.63) is 24.3 Å². The van der Waals surface area contributed by atoms with E-state index < -0.39 is 0 Å². The SMILES string of the molecule is C=C1C(Br)C=CC(I)=NC1CO. The normalized spacial score (nSPS) is 29.9. The van der Waals surface area contributed by atoms with Crippen LogP contribution in [0.1, 0.15) is 0 Å². The van der Waals surface area contributed by atoms with Crippen LogP contribution in [0.5, 0.6) is 0 Å². The second-order valence-electron chi connectivity index (χ2n) is 2.49. The molecule has 0 aromatic carbocycles. The molecule has 0 aromatic rings. The van der Waals surface area contributed by atoms with E-state index in [1.54, 1.807) is 0 Å². The van der Waals surface area contributed by atoms with E-state index in [0.717, 1.165) is 9.29 Å². The van der Waals surface area contributed by atoms with Crippen LogP contribution in [0, 0.1) is 0 Å². The number of rotatable bonds is 1. The number of hydrogen-bond donors (Lipinski definition) is 1. The van der Waals surface area contributed by atoms with E-state index in [0.29, 0.717) is 0 Å². The second kappa shape index (κ2) is 4.53. The first-order valence-corrected chi connectivity index (χ1v) is 5.49. The van der Waals surface area contributed by atoms with Crippen molar-refractivity contribution < 1.29 is 5.11 Å². The molecule has 0 spiro atoms. The van der Waals surface area contributed by atoms with Crippen LogP contribution in [0.4, 0.5) is 0 Å². The number of alkyl halides is 1. The quantitative estimate of drug-likeness (QED) is 0.442. The summed E-state index contributed by atoms with van der Waals surface area (Å²) in [4.78, 5) is 4.38. The summed E-state index contributed by atoms with van der Waals surface area (Å²) in [6.45, 7) is 3.90. The van der Waals surface area contributed by atoms with Crippen molar-refractivity contribution in [3.63, 3.8) is 0 Å². The van der Waals surface area contributed by atoms with E-state index in [1.165, 1.54) is 0 Å². The van der Waals surface area contributed by atoms with Crippen LogP contribution in [0.15, 0.2) is 29.3 Å². The van der Waals surface area contributed by atoms with Gasteiger partial charge in [-0.1, -0.05) is 28.6 Å². The predicted molar refractivity (Wildman–Crippen MR) is 63.3 cm³/mol. The molecule has 12 heavy (non-hydrogen) atoms. The molecule has 1 heterocycles. The summed E-state index contributed by atoms with van der Waals surface area (Å²) in [5.74, 6) is 0. The van der Waals surface area contributed by atoms with Crippen molar-refractivity contribution >= 4 is 42.2 Å². The number of allylic oxidation sites excluding steroid dienone is 2. The molecule has 66 valence electrons. The molecule has 0 saturated heterocycles. The van der Waals surface area contributed by atoms with E-state index >= 15 is 0 Å². The molecule has 2 unspecified atom stereocenters. The van der Waals surface area contributed by atoms with E-state index in [4.69, 9.17) is 5.11 Å². The van der Waals surface area contributed by atoms with E-state index in [-0.39, 0.29) is 17.5 Å². The third-order valence-electron chi connectivity index (χ3n) is 1.64. The van der Waals surface area contributed by atoms with Gasteiger partial charge in [0.2, 0.25) is 0 Å². The molecule has 4 heteroatoms. The molecule has 0 amide bonds. The maximum atomic E-state index is 9.00. The topological polar surface area (TPSA) is 32.6 Å². The van der Waals surface area contributed by atoms with Crippen molar-refractivity contribution in [1.29, 1.82) is 0 Å². The second-order valence-corrected chi connectivity index (χ2v) is 4.58. The van der Waals surface area contributed by atoms with Gasteiger partial charge in [0, 0.05) is 0 Å². The average molecular weight is 342 g/mol. The van der Waals surface area contributed by atoms with Crippen LogP contribution in [-0.4, -0.2) is 26.3 Å². The zero-order chi connectivity index (χ0) is 9.14. The lowest BCUT2D eigenvalue weighted by molar-refractivity contribution is 0.280. The summed E-state index contributed by atoms with van der Waals surface area (Å²) in [6.07, 6.45) is 3.89. The highest BCUT2D eigenvalue weighted by Crippen LogP contribution is 2.21. The third-order valence-corrected chi connectivity index (χ3v) is 3.17. The van der Waals surface area contributed by atoms with Crippen LogP contribution in [0.25, 0.3) is 0 Å². The first kappa shape index (κ1) is 10.4. The molecule has 0 radical (unpaired) electrons. The average Bonchev–Trinajstić information content (AvgIpc) is 2.18. The van der Waals surface area contributed by atoms with Gasteiger partial charge in [-0.3, -0.25) is 4.99 Å². The molecule has 1 aliphatic heterocycles. The van der Waals surface area contributed by atoms with E-state index in [9.17, 15) is 0 Å². The molecular formula is C8H9BrINO. The van der Waals surface area contributed by atoms with Crippen LogP contribution in [0.2, 0.25) is 0 Å². The van der Waals surface area contributed by atoms with Crippen LogP contribution in [0.3, 0.4) is 0 Å². The van der Waals surface area contributed by atoms with Crippen molar-refractivity contribution in [1.82, 2.24) is 0 Å². The zero-order valence-electron chi connectivity index (χ0n) is 6.37. The Balaban J connectivity index is 2.90. The van der Waals surface area contributed by atoms with Gasteiger partial charge in [0.05, 0.1) is 21.2 Å². The van der Waals surface area contributed by atoms with E-state index in [2.05, 4.69) is 50.1 Å². The fraction of sp³-hybridized carbons (Fsp3) is 0.375. The number of halogens is 2. The lowest BCUT2D eigenvalue weighted by atomic mass is 10.1. The summed E-state index contributed by atoms with van der Waals surface area (Å²) < 4.78 is 0.898. The monoisotopic (exact) mass is 341 g/mol. The molecule has 0 fully saturated rings. The van der Waals surface area contributed by atoms with Gasteiger partial charge in [-0.25, -0.2) is 0 Å². The summed E-state index contributed by atoms with van der Waals surface area (Å²) in [6, 6.07) is -0.170. The number of aliphatic hydroxyl groups is 1. The fourth-order valence-corrected chi connectivity index (χ4v) is 1.91. The Labute approximate surface area is 93.7 Å². The van der Waals surface area contributed by atoms with Gasteiger partial charge >= 0.3 is 0 Å². The number of nitrogens with zero attached hydrogens (tertiary/aromatic N) is 1. The van der Waals surface area contributed by atoms with Crippen molar-refractivity contribution in [2.45, 2.75) is 10.9 Å². The largest absolute Gasteiger partial charge is 0.394 e. The molecule has 0 saturated carbocycles. The zero-order valence-corrected chi connectivity index (χ0v) is 10.1. The highest BCUT2D eigenvalue weighted by atomic mass is 127. The fourth-order valence-electron chi connectivity index (χ4n) is 0.904. The summed E-state index contributed by atoms with van der Waals surface area (Å²) in [5.41, 5.74) is 0.903. The van der Waals surface area contributed by atoms with Gasteiger partial charge in [0.15, 0.2) is 0 Å². The Kier molecular flexibility index (Phi) is 3.92. The van der Waals surface area contributed by atoms with Gasteiger partial charge in [0.1, 0.15) is 0 Å². The maximum absolute atomic E-state index is 9.00. The molecule has 2 atom stereocenters. The number of hydrogen-bond acceptors (Lipinski definition) is 2. The Morgan fingerprint density at radius 1 is 1.75 bits per heavy atom. The van der Waals surface area contributed by atoms with Crippen molar-refractivity contribution in [3.8, 4) is 0 Å². The molecule has 2 nitrogen and oxygen atoms in total. The third kappa shape index (κ3) is 2.40. The molecule has 1 N–H and O–H groups in total. The van der Waals surface area contributed by atoms with Crippen molar-refractivity contribution in [2.75, 3.05) is 6.61 Å². The summed E-state index contributed by atoms with van der Waals surface area (Å²) in [7, 11) is 0. The molecule has 0 bridgehead atoms. The molecule has 1 aliphatic rings. The molecule has 1 rings (SSSR count). The minimum atomic E-state index is -0.170. The lowest BCUT2D eigenvalue weighted by Crippen LogP contribution is -2.17. The Hall–Kier alpha value is 0.320. The van der Waals surface area contributed by atoms with Crippen LogP contribution in [-0.2, 0) is 0 Å². The Bertz CT molecular complexity index is 249. The highest BCUT2D eigenvalue weighted by Gasteiger charge is 2.18.